The third-order valence-electron chi connectivity index (χ3n) is 5.04. The lowest BCUT2D eigenvalue weighted by molar-refractivity contribution is -0.148. The molecule has 1 aromatic carbocycles. The van der Waals surface area contributed by atoms with Gasteiger partial charge in [-0.2, -0.15) is 4.31 Å². The van der Waals surface area contributed by atoms with Crippen molar-refractivity contribution in [2.45, 2.75) is 44.9 Å². The van der Waals surface area contributed by atoms with Crippen LogP contribution in [0.5, 0.6) is 0 Å². The predicted octanol–water partition coefficient (Wildman–Crippen LogP) is 2.54. The number of hydrogen-bond acceptors (Lipinski definition) is 5. The molecule has 0 unspecified atom stereocenters. The molecule has 0 aromatic heterocycles. The summed E-state index contributed by atoms with van der Waals surface area (Å²) in [5.41, 5.74) is 1.91. The first-order valence-corrected chi connectivity index (χ1v) is 11.3. The molecule has 160 valence electrons. The van der Waals surface area contributed by atoms with Gasteiger partial charge in [0.15, 0.2) is 6.61 Å². The monoisotopic (exact) mass is 422 g/mol. The topological polar surface area (TPSA) is 84.0 Å². The van der Waals surface area contributed by atoms with Gasteiger partial charge in [0.2, 0.25) is 10.0 Å². The number of piperazine rings is 1. The van der Waals surface area contributed by atoms with E-state index in [1.165, 1.54) is 15.3 Å². The Morgan fingerprint density at radius 1 is 1.10 bits per heavy atom. The van der Waals surface area contributed by atoms with Crippen LogP contribution in [0.25, 0.3) is 0 Å². The van der Waals surface area contributed by atoms with Gasteiger partial charge in [0.05, 0.1) is 4.90 Å². The lowest BCUT2D eigenvalue weighted by Crippen LogP contribution is -2.51. The number of amides is 1. The van der Waals surface area contributed by atoms with E-state index in [-0.39, 0.29) is 43.6 Å². The van der Waals surface area contributed by atoms with Crippen LogP contribution in [0.3, 0.4) is 0 Å². The number of hydrogen-bond donors (Lipinski definition) is 0. The van der Waals surface area contributed by atoms with Crippen LogP contribution in [0.4, 0.5) is 0 Å². The number of sulfonamides is 1. The fraction of sp³-hybridized carbons (Fsp3) is 0.524. The van der Waals surface area contributed by atoms with Gasteiger partial charge >= 0.3 is 5.97 Å². The van der Waals surface area contributed by atoms with Gasteiger partial charge in [-0.3, -0.25) is 4.79 Å². The minimum absolute atomic E-state index is 0.211. The van der Waals surface area contributed by atoms with Crippen molar-refractivity contribution in [1.82, 2.24) is 9.21 Å². The summed E-state index contributed by atoms with van der Waals surface area (Å²) >= 11 is 0. The van der Waals surface area contributed by atoms with Gasteiger partial charge in [0.25, 0.3) is 5.91 Å². The van der Waals surface area contributed by atoms with Crippen molar-refractivity contribution >= 4 is 21.9 Å². The minimum atomic E-state index is -3.60. The molecule has 7 nitrogen and oxygen atoms in total. The summed E-state index contributed by atoms with van der Waals surface area (Å²) in [6.45, 7) is 8.35. The highest BCUT2D eigenvalue weighted by Gasteiger charge is 2.30. The molecule has 0 spiro atoms. The Kier molecular flexibility index (Phi) is 7.98. The molecule has 0 aliphatic carbocycles. The highest BCUT2D eigenvalue weighted by molar-refractivity contribution is 7.89. The van der Waals surface area contributed by atoms with Gasteiger partial charge < -0.3 is 9.64 Å². The van der Waals surface area contributed by atoms with E-state index in [1.54, 1.807) is 26.0 Å². The van der Waals surface area contributed by atoms with E-state index in [0.29, 0.717) is 5.92 Å². The SMILES string of the molecule is CC[C@H](C)c1ccc(S(=O)(=O)N2CCN(C(=O)COC(=O)C=C(C)C)CC2)cc1. The molecule has 0 saturated carbocycles. The zero-order valence-corrected chi connectivity index (χ0v) is 18.4. The summed E-state index contributed by atoms with van der Waals surface area (Å²) in [5, 5.41) is 0. The minimum Gasteiger partial charge on any atom is -0.452 e. The van der Waals surface area contributed by atoms with Gasteiger partial charge in [-0.05, 0) is 43.9 Å². The van der Waals surface area contributed by atoms with Crippen molar-refractivity contribution in [2.75, 3.05) is 32.8 Å². The second-order valence-corrected chi connectivity index (χ2v) is 9.43. The van der Waals surface area contributed by atoms with E-state index in [2.05, 4.69) is 13.8 Å². The highest BCUT2D eigenvalue weighted by atomic mass is 32.2. The van der Waals surface area contributed by atoms with Crippen LogP contribution in [-0.4, -0.2) is 62.3 Å². The Morgan fingerprint density at radius 2 is 1.69 bits per heavy atom. The van der Waals surface area contributed by atoms with E-state index >= 15 is 0 Å². The second-order valence-electron chi connectivity index (χ2n) is 7.49. The molecule has 1 aliphatic rings. The smallest absolute Gasteiger partial charge is 0.331 e. The first-order chi connectivity index (χ1) is 13.6. The number of nitrogens with zero attached hydrogens (tertiary/aromatic N) is 2. The van der Waals surface area contributed by atoms with Crippen molar-refractivity contribution < 1.29 is 22.7 Å². The largest absolute Gasteiger partial charge is 0.452 e. The van der Waals surface area contributed by atoms with Crippen molar-refractivity contribution in [3.8, 4) is 0 Å². The molecule has 8 heteroatoms. The predicted molar refractivity (Wildman–Crippen MR) is 111 cm³/mol. The lowest BCUT2D eigenvalue weighted by Gasteiger charge is -2.33. The molecule has 0 bridgehead atoms. The number of allylic oxidation sites excluding steroid dienone is 1. The quantitative estimate of drug-likeness (QED) is 0.498. The number of rotatable bonds is 7. The normalized spacial score (nSPS) is 16.2. The number of esters is 1. The van der Waals surface area contributed by atoms with Crippen molar-refractivity contribution in [1.29, 1.82) is 0 Å². The molecular formula is C21H30N2O5S. The van der Waals surface area contributed by atoms with E-state index in [0.717, 1.165) is 17.6 Å². The van der Waals surface area contributed by atoms with E-state index in [4.69, 9.17) is 4.74 Å². The Labute approximate surface area is 173 Å². The van der Waals surface area contributed by atoms with Crippen LogP contribution in [0, 0.1) is 0 Å². The fourth-order valence-corrected chi connectivity index (χ4v) is 4.45. The van der Waals surface area contributed by atoms with Gasteiger partial charge in [0.1, 0.15) is 0 Å². The Hall–Kier alpha value is -2.19. The van der Waals surface area contributed by atoms with E-state index < -0.39 is 16.0 Å². The van der Waals surface area contributed by atoms with Crippen molar-refractivity contribution in [2.24, 2.45) is 0 Å². The summed E-state index contributed by atoms with van der Waals surface area (Å²) in [5.74, 6) is -0.497. The van der Waals surface area contributed by atoms with E-state index in [9.17, 15) is 18.0 Å². The average Bonchev–Trinajstić information content (AvgIpc) is 2.71. The van der Waals surface area contributed by atoms with Crippen molar-refractivity contribution in [3.63, 3.8) is 0 Å². The average molecular weight is 423 g/mol. The third kappa shape index (κ3) is 6.14. The van der Waals surface area contributed by atoms with Crippen molar-refractivity contribution in [3.05, 3.63) is 41.5 Å². The van der Waals surface area contributed by atoms with Gasteiger partial charge in [-0.15, -0.1) is 0 Å². The number of benzene rings is 1. The molecular weight excluding hydrogens is 392 g/mol. The van der Waals surface area contributed by atoms with Crippen LogP contribution in [0.2, 0.25) is 0 Å². The molecule has 0 radical (unpaired) electrons. The summed E-state index contributed by atoms with van der Waals surface area (Å²) in [6, 6.07) is 7.03. The number of carbonyl (C=O) groups is 2. The Balaban J connectivity index is 1.93. The van der Waals surface area contributed by atoms with Gasteiger partial charge in [-0.25, -0.2) is 13.2 Å². The first-order valence-electron chi connectivity index (χ1n) is 9.84. The zero-order chi connectivity index (χ0) is 21.6. The molecule has 0 N–H and O–H groups in total. The van der Waals surface area contributed by atoms with Crippen LogP contribution in [-0.2, 0) is 24.3 Å². The molecule has 29 heavy (non-hydrogen) atoms. The maximum atomic E-state index is 12.9. The molecule has 1 saturated heterocycles. The molecule has 1 amide bonds. The zero-order valence-electron chi connectivity index (χ0n) is 17.6. The summed E-state index contributed by atoms with van der Waals surface area (Å²) in [4.78, 5) is 25.5. The Morgan fingerprint density at radius 3 is 2.21 bits per heavy atom. The van der Waals surface area contributed by atoms with Crippen LogP contribution < -0.4 is 0 Å². The molecule has 1 atom stereocenters. The maximum Gasteiger partial charge on any atom is 0.331 e. The molecule has 1 aromatic rings. The Bertz CT molecular complexity index is 850. The summed E-state index contributed by atoms with van der Waals surface area (Å²) in [7, 11) is -3.60. The summed E-state index contributed by atoms with van der Waals surface area (Å²) in [6.07, 6.45) is 2.32. The van der Waals surface area contributed by atoms with Crippen LogP contribution in [0.15, 0.2) is 40.8 Å². The molecule has 2 rings (SSSR count). The summed E-state index contributed by atoms with van der Waals surface area (Å²) < 4.78 is 32.1. The number of carbonyl (C=O) groups excluding carboxylic acids is 2. The fourth-order valence-electron chi connectivity index (χ4n) is 3.03. The standard InChI is InChI=1S/C21H30N2O5S/c1-5-17(4)18-6-8-19(9-7-18)29(26,27)23-12-10-22(11-13-23)20(24)15-28-21(25)14-16(2)3/h6-9,14,17H,5,10-13,15H2,1-4H3/t17-/m0/s1. The second kappa shape index (κ2) is 10.0. The van der Waals surface area contributed by atoms with E-state index in [1.807, 2.05) is 12.1 Å². The third-order valence-corrected chi connectivity index (χ3v) is 6.95. The highest BCUT2D eigenvalue weighted by Crippen LogP contribution is 2.23. The van der Waals surface area contributed by atoms with Crippen LogP contribution >= 0.6 is 0 Å². The molecule has 1 fully saturated rings. The molecule has 1 aliphatic heterocycles. The van der Waals surface area contributed by atoms with Gasteiger partial charge in [-0.1, -0.05) is 31.6 Å². The lowest BCUT2D eigenvalue weighted by atomic mass is 9.99. The maximum absolute atomic E-state index is 12.9. The van der Waals surface area contributed by atoms with Gasteiger partial charge in [0, 0.05) is 32.3 Å². The first kappa shape index (κ1) is 23.1. The molecule has 1 heterocycles. The van der Waals surface area contributed by atoms with Crippen LogP contribution in [0.1, 0.15) is 45.6 Å². The number of ether oxygens (including phenoxy) is 1.